The lowest BCUT2D eigenvalue weighted by molar-refractivity contribution is -0.135. The van der Waals surface area contributed by atoms with Crippen molar-refractivity contribution in [1.82, 2.24) is 24.3 Å². The molecule has 2 aromatic carbocycles. The molecule has 1 fully saturated rings. The first-order valence-corrected chi connectivity index (χ1v) is 13.1. The molecule has 1 unspecified atom stereocenters. The largest absolute Gasteiger partial charge is 0.487 e. The van der Waals surface area contributed by atoms with Crippen LogP contribution in [0.2, 0.25) is 0 Å². The van der Waals surface area contributed by atoms with Crippen LogP contribution in [0, 0.1) is 13.8 Å². The number of carbonyl (C=O) groups excluding carboxylic acids is 3. The summed E-state index contributed by atoms with van der Waals surface area (Å²) >= 11 is 0. The van der Waals surface area contributed by atoms with Crippen molar-refractivity contribution in [2.24, 2.45) is 0 Å². The number of hydrogen-bond acceptors (Lipinski definition) is 7. The van der Waals surface area contributed by atoms with Crippen LogP contribution in [0.15, 0.2) is 71.8 Å². The molecule has 4 heterocycles. The van der Waals surface area contributed by atoms with E-state index in [1.165, 1.54) is 4.57 Å². The number of imide groups is 1. The van der Waals surface area contributed by atoms with Crippen molar-refractivity contribution >= 4 is 40.0 Å². The number of fused-ring (bicyclic) bond motifs is 2. The van der Waals surface area contributed by atoms with Crippen LogP contribution in [0.4, 0.5) is 5.69 Å². The van der Waals surface area contributed by atoms with Crippen LogP contribution in [-0.4, -0.2) is 36.7 Å². The van der Waals surface area contributed by atoms with Crippen molar-refractivity contribution in [3.63, 3.8) is 0 Å². The van der Waals surface area contributed by atoms with Crippen LogP contribution < -0.4 is 20.9 Å². The minimum Gasteiger partial charge on any atom is -0.487 e. The highest BCUT2D eigenvalue weighted by Gasteiger charge is 2.30. The Bertz CT molecular complexity index is 1910. The highest BCUT2D eigenvalue weighted by molar-refractivity contribution is 6.08. The average molecular weight is 551 g/mol. The molecule has 3 amide bonds. The third-order valence-corrected chi connectivity index (χ3v) is 7.11. The molecule has 0 aliphatic carbocycles. The van der Waals surface area contributed by atoms with Gasteiger partial charge in [-0.1, -0.05) is 12.1 Å². The lowest BCUT2D eigenvalue weighted by Gasteiger charge is -2.24. The number of piperidine rings is 1. The second kappa shape index (κ2) is 10.3. The van der Waals surface area contributed by atoms with Crippen LogP contribution in [0.25, 0.3) is 16.6 Å². The van der Waals surface area contributed by atoms with Crippen molar-refractivity contribution in [3.8, 4) is 5.75 Å². The number of hydrogen-bond donors (Lipinski definition) is 2. The fraction of sp³-hybridized carbons (Fsp3) is 0.200. The number of carbonyl (C=O) groups is 3. The zero-order chi connectivity index (χ0) is 28.7. The second-order valence-electron chi connectivity index (χ2n) is 9.92. The molecule has 206 valence electrons. The topological polar surface area (TPSA) is 137 Å². The van der Waals surface area contributed by atoms with Crippen molar-refractivity contribution in [2.75, 3.05) is 5.32 Å². The molecular formula is C30H26N6O5. The first-order valence-electron chi connectivity index (χ1n) is 13.1. The molecule has 3 aromatic heterocycles. The zero-order valence-corrected chi connectivity index (χ0v) is 22.4. The molecule has 2 N–H and O–H groups in total. The summed E-state index contributed by atoms with van der Waals surface area (Å²) in [7, 11) is 0. The number of rotatable bonds is 6. The van der Waals surface area contributed by atoms with E-state index < -0.39 is 17.5 Å². The summed E-state index contributed by atoms with van der Waals surface area (Å²) in [5.74, 6) is -0.378. The predicted molar refractivity (Wildman–Crippen MR) is 151 cm³/mol. The minimum atomic E-state index is -0.826. The van der Waals surface area contributed by atoms with Gasteiger partial charge in [0.1, 0.15) is 35.4 Å². The number of anilines is 1. The summed E-state index contributed by atoms with van der Waals surface area (Å²) < 4.78 is 9.13. The van der Waals surface area contributed by atoms with Gasteiger partial charge in [0.25, 0.3) is 11.5 Å². The van der Waals surface area contributed by atoms with Crippen LogP contribution in [0.1, 0.15) is 46.3 Å². The number of benzene rings is 2. The van der Waals surface area contributed by atoms with E-state index in [-0.39, 0.29) is 36.6 Å². The van der Waals surface area contributed by atoms with E-state index in [2.05, 4.69) is 20.6 Å². The summed E-state index contributed by atoms with van der Waals surface area (Å²) in [6.45, 7) is 3.91. The third-order valence-electron chi connectivity index (χ3n) is 7.11. The SMILES string of the molecule is Cc1cccn2cc(COc3ccc(C(=O)Nc4cccc5c(=O)n(C6CCC(=O)NC6=O)c(C)nc45)cc3)nc12. The Kier molecular flexibility index (Phi) is 6.54. The number of nitrogens with one attached hydrogen (secondary N) is 2. The lowest BCUT2D eigenvalue weighted by atomic mass is 10.1. The van der Waals surface area contributed by atoms with Gasteiger partial charge in [0, 0.05) is 24.4 Å². The number of nitrogens with zero attached hydrogens (tertiary/aromatic N) is 4. The first kappa shape index (κ1) is 25.9. The van der Waals surface area contributed by atoms with Gasteiger partial charge in [-0.2, -0.15) is 0 Å². The maximum atomic E-state index is 13.4. The number of aryl methyl sites for hydroxylation is 2. The standard InChI is InChI=1S/C30H26N6O5/c1-17-5-4-14-35-15-20(32-27(17)35)16-41-21-10-8-19(9-11-21)28(38)33-23-7-3-6-22-26(23)31-18(2)36(30(22)40)24-12-13-25(37)34-29(24)39/h3-11,14-15,24H,12-13,16H2,1-2H3,(H,33,38)(H,34,37,39). The van der Waals surface area contributed by atoms with Crippen LogP contribution in [0.3, 0.4) is 0 Å². The van der Waals surface area contributed by atoms with E-state index in [0.717, 1.165) is 16.9 Å². The Balaban J connectivity index is 1.18. The normalized spacial score (nSPS) is 15.2. The van der Waals surface area contributed by atoms with Gasteiger partial charge in [-0.15, -0.1) is 0 Å². The molecule has 1 atom stereocenters. The van der Waals surface area contributed by atoms with Crippen molar-refractivity contribution < 1.29 is 19.1 Å². The average Bonchev–Trinajstić information content (AvgIpc) is 3.38. The van der Waals surface area contributed by atoms with E-state index in [1.54, 1.807) is 49.4 Å². The fourth-order valence-corrected chi connectivity index (χ4v) is 5.05. The van der Waals surface area contributed by atoms with Gasteiger partial charge >= 0.3 is 0 Å². The Hall–Kier alpha value is -5.32. The molecule has 0 saturated carbocycles. The Morgan fingerprint density at radius 2 is 1.85 bits per heavy atom. The van der Waals surface area contributed by atoms with Crippen LogP contribution in [0.5, 0.6) is 5.75 Å². The molecule has 0 radical (unpaired) electrons. The van der Waals surface area contributed by atoms with Gasteiger partial charge in [0.05, 0.1) is 16.8 Å². The van der Waals surface area contributed by atoms with Gasteiger partial charge in [-0.3, -0.25) is 29.1 Å². The van der Waals surface area contributed by atoms with E-state index >= 15 is 0 Å². The van der Waals surface area contributed by atoms with Gasteiger partial charge in [-0.05, 0) is 68.3 Å². The highest BCUT2D eigenvalue weighted by atomic mass is 16.5. The summed E-state index contributed by atoms with van der Waals surface area (Å²) in [6, 6.07) is 14.8. The smallest absolute Gasteiger partial charge is 0.262 e. The lowest BCUT2D eigenvalue weighted by Crippen LogP contribution is -2.45. The van der Waals surface area contributed by atoms with E-state index in [0.29, 0.717) is 28.3 Å². The van der Waals surface area contributed by atoms with Crippen molar-refractivity contribution in [2.45, 2.75) is 39.3 Å². The molecule has 6 rings (SSSR count). The number of aromatic nitrogens is 4. The van der Waals surface area contributed by atoms with Crippen LogP contribution >= 0.6 is 0 Å². The molecule has 41 heavy (non-hydrogen) atoms. The summed E-state index contributed by atoms with van der Waals surface area (Å²) in [5.41, 5.74) is 3.40. The fourth-order valence-electron chi connectivity index (χ4n) is 5.05. The van der Waals surface area contributed by atoms with Gasteiger partial charge < -0.3 is 14.5 Å². The zero-order valence-electron chi connectivity index (χ0n) is 22.4. The monoisotopic (exact) mass is 550 g/mol. The Morgan fingerprint density at radius 1 is 1.05 bits per heavy atom. The maximum Gasteiger partial charge on any atom is 0.262 e. The predicted octanol–water partition coefficient (Wildman–Crippen LogP) is 3.47. The van der Waals surface area contributed by atoms with Crippen molar-refractivity contribution in [3.05, 3.63) is 100.0 Å². The molecular weight excluding hydrogens is 524 g/mol. The number of pyridine rings is 1. The van der Waals surface area contributed by atoms with Gasteiger partial charge in [-0.25, -0.2) is 9.97 Å². The van der Waals surface area contributed by atoms with Crippen LogP contribution in [-0.2, 0) is 16.2 Å². The Morgan fingerprint density at radius 3 is 2.61 bits per heavy atom. The number of ether oxygens (including phenoxy) is 1. The Labute approximate surface area is 233 Å². The van der Waals surface area contributed by atoms with E-state index in [1.807, 2.05) is 35.9 Å². The molecule has 11 heteroatoms. The molecule has 1 saturated heterocycles. The highest BCUT2D eigenvalue weighted by Crippen LogP contribution is 2.24. The second-order valence-corrected chi connectivity index (χ2v) is 9.92. The summed E-state index contributed by atoms with van der Waals surface area (Å²) in [4.78, 5) is 59.6. The molecule has 11 nitrogen and oxygen atoms in total. The number of imidazole rings is 1. The van der Waals surface area contributed by atoms with E-state index in [4.69, 9.17) is 4.74 Å². The molecule has 1 aliphatic heterocycles. The first-order chi connectivity index (χ1) is 19.8. The third kappa shape index (κ3) is 4.93. The summed E-state index contributed by atoms with van der Waals surface area (Å²) in [5, 5.41) is 5.37. The molecule has 5 aromatic rings. The molecule has 1 aliphatic rings. The maximum absolute atomic E-state index is 13.4. The quantitative estimate of drug-likeness (QED) is 0.309. The number of para-hydroxylation sites is 1. The molecule has 0 bridgehead atoms. The van der Waals surface area contributed by atoms with Gasteiger partial charge in [0.2, 0.25) is 11.8 Å². The number of amides is 3. The summed E-state index contributed by atoms with van der Waals surface area (Å²) in [6.07, 6.45) is 4.21. The van der Waals surface area contributed by atoms with E-state index in [9.17, 15) is 19.2 Å². The molecule has 0 spiro atoms. The van der Waals surface area contributed by atoms with Crippen molar-refractivity contribution in [1.29, 1.82) is 0 Å². The van der Waals surface area contributed by atoms with Gasteiger partial charge in [0.15, 0.2) is 0 Å². The minimum absolute atomic E-state index is 0.139.